The Kier molecular flexibility index (Phi) is 5.17. The Bertz CT molecular complexity index is 188. The summed E-state index contributed by atoms with van der Waals surface area (Å²) in [5.74, 6) is 2.86. The van der Waals surface area contributed by atoms with Crippen molar-refractivity contribution in [1.29, 1.82) is 0 Å². The summed E-state index contributed by atoms with van der Waals surface area (Å²) in [7, 11) is 0. The summed E-state index contributed by atoms with van der Waals surface area (Å²) < 4.78 is 0. The molecule has 0 aliphatic carbocycles. The lowest BCUT2D eigenvalue weighted by Gasteiger charge is -2.25. The van der Waals surface area contributed by atoms with Crippen LogP contribution in [0.1, 0.15) is 27.2 Å². The topological polar surface area (TPSA) is 0 Å². The fraction of sp³-hybridized carbons (Fsp3) is 0.636. The normalized spacial score (nSPS) is 18.6. The lowest BCUT2D eigenvalue weighted by Crippen LogP contribution is -2.22. The van der Waals surface area contributed by atoms with Gasteiger partial charge in [0, 0.05) is 5.25 Å². The van der Waals surface area contributed by atoms with E-state index in [-0.39, 0.29) is 5.41 Å². The summed E-state index contributed by atoms with van der Waals surface area (Å²) in [5, 5.41) is 0.477. The summed E-state index contributed by atoms with van der Waals surface area (Å²) in [6, 6.07) is 0. The quantitative estimate of drug-likeness (QED) is 0.474. The second-order valence-corrected chi connectivity index (χ2v) is 4.29. The molecule has 0 heterocycles. The number of rotatable bonds is 4. The molecule has 0 nitrogen and oxygen atoms in total. The molecule has 0 fully saturated rings. The summed E-state index contributed by atoms with van der Waals surface area (Å²) in [5.41, 5.74) is -0.0879. The summed E-state index contributed by atoms with van der Waals surface area (Å²) >= 11 is 1.81. The average Bonchev–Trinajstić information content (AvgIpc) is 2.12. The predicted molar refractivity (Wildman–Crippen MR) is 59.3 cm³/mol. The van der Waals surface area contributed by atoms with E-state index in [2.05, 4.69) is 45.1 Å². The molecule has 0 spiro atoms. The highest BCUT2D eigenvalue weighted by Crippen LogP contribution is 2.30. The third-order valence-corrected chi connectivity index (χ3v) is 3.41. The standard InChI is InChI=1S/C11H18S/c1-6-8-9-11(4,7-2)10(3)12-5/h2,8-10H,6H2,1,3-5H3/b9-8-. The lowest BCUT2D eigenvalue weighted by molar-refractivity contribution is 0.570. The van der Waals surface area contributed by atoms with E-state index in [4.69, 9.17) is 6.42 Å². The van der Waals surface area contributed by atoms with Crippen LogP contribution in [0.25, 0.3) is 0 Å². The maximum atomic E-state index is 5.51. The van der Waals surface area contributed by atoms with E-state index < -0.39 is 0 Å². The predicted octanol–water partition coefficient (Wildman–Crippen LogP) is 3.34. The SMILES string of the molecule is C#CC(C)(/C=C\CC)C(C)SC. The molecule has 0 aromatic rings. The van der Waals surface area contributed by atoms with Crippen LogP contribution in [0.3, 0.4) is 0 Å². The third-order valence-electron chi connectivity index (χ3n) is 2.21. The molecular formula is C11H18S. The average molecular weight is 182 g/mol. The Labute approximate surface area is 80.8 Å². The first-order valence-corrected chi connectivity index (χ1v) is 5.57. The van der Waals surface area contributed by atoms with Crippen LogP contribution in [0, 0.1) is 17.8 Å². The Balaban J connectivity index is 4.47. The Morgan fingerprint density at radius 2 is 2.25 bits per heavy atom. The zero-order valence-corrected chi connectivity index (χ0v) is 9.24. The van der Waals surface area contributed by atoms with Crippen molar-refractivity contribution in [2.24, 2.45) is 5.41 Å². The van der Waals surface area contributed by atoms with Crippen LogP contribution in [0.2, 0.25) is 0 Å². The molecule has 0 saturated carbocycles. The van der Waals surface area contributed by atoms with Crippen molar-refractivity contribution in [3.63, 3.8) is 0 Å². The van der Waals surface area contributed by atoms with Gasteiger partial charge in [0.15, 0.2) is 0 Å². The molecule has 0 aromatic carbocycles. The van der Waals surface area contributed by atoms with Gasteiger partial charge < -0.3 is 0 Å². The molecule has 0 amide bonds. The van der Waals surface area contributed by atoms with Crippen molar-refractivity contribution in [3.8, 4) is 12.3 Å². The molecule has 68 valence electrons. The van der Waals surface area contributed by atoms with E-state index in [1.165, 1.54) is 0 Å². The minimum absolute atomic E-state index is 0.0879. The highest BCUT2D eigenvalue weighted by Gasteiger charge is 2.24. The van der Waals surface area contributed by atoms with Gasteiger partial charge in [0.05, 0.1) is 5.41 Å². The number of hydrogen-bond donors (Lipinski definition) is 0. The highest BCUT2D eigenvalue weighted by molar-refractivity contribution is 7.99. The second kappa shape index (κ2) is 5.32. The van der Waals surface area contributed by atoms with Crippen LogP contribution in [-0.2, 0) is 0 Å². The number of terminal acetylenes is 1. The summed E-state index contributed by atoms with van der Waals surface area (Å²) in [6.45, 7) is 6.40. The van der Waals surface area contributed by atoms with Gasteiger partial charge in [-0.2, -0.15) is 11.8 Å². The molecule has 0 radical (unpaired) electrons. The van der Waals surface area contributed by atoms with E-state index in [0.717, 1.165) is 6.42 Å². The maximum absolute atomic E-state index is 5.51. The van der Waals surface area contributed by atoms with Crippen LogP contribution >= 0.6 is 11.8 Å². The second-order valence-electron chi connectivity index (χ2n) is 3.12. The lowest BCUT2D eigenvalue weighted by atomic mass is 9.87. The maximum Gasteiger partial charge on any atom is 0.0578 e. The van der Waals surface area contributed by atoms with Crippen molar-refractivity contribution < 1.29 is 0 Å². The van der Waals surface area contributed by atoms with Gasteiger partial charge in [-0.1, -0.05) is 31.9 Å². The van der Waals surface area contributed by atoms with Gasteiger partial charge in [-0.3, -0.25) is 0 Å². The first-order chi connectivity index (χ1) is 5.60. The molecule has 0 N–H and O–H groups in total. The van der Waals surface area contributed by atoms with E-state index in [1.54, 1.807) is 0 Å². The van der Waals surface area contributed by atoms with E-state index in [0.29, 0.717) is 5.25 Å². The van der Waals surface area contributed by atoms with Gasteiger partial charge in [-0.15, -0.1) is 6.42 Å². The highest BCUT2D eigenvalue weighted by atomic mass is 32.2. The fourth-order valence-corrected chi connectivity index (χ4v) is 1.54. The van der Waals surface area contributed by atoms with Crippen molar-refractivity contribution in [1.82, 2.24) is 0 Å². The smallest absolute Gasteiger partial charge is 0.0578 e. The minimum Gasteiger partial charge on any atom is -0.160 e. The van der Waals surface area contributed by atoms with Crippen LogP contribution in [0.15, 0.2) is 12.2 Å². The van der Waals surface area contributed by atoms with Gasteiger partial charge in [-0.05, 0) is 19.6 Å². The van der Waals surface area contributed by atoms with Crippen LogP contribution in [0.5, 0.6) is 0 Å². The minimum atomic E-state index is -0.0879. The fourth-order valence-electron chi connectivity index (χ4n) is 0.908. The molecule has 2 unspecified atom stereocenters. The molecule has 12 heavy (non-hydrogen) atoms. The molecule has 0 aliphatic rings. The summed E-state index contributed by atoms with van der Waals surface area (Å²) in [6.07, 6.45) is 13.0. The molecule has 0 aromatic heterocycles. The Morgan fingerprint density at radius 1 is 1.67 bits per heavy atom. The van der Waals surface area contributed by atoms with E-state index in [1.807, 2.05) is 11.8 Å². The number of allylic oxidation sites excluding steroid dienone is 2. The van der Waals surface area contributed by atoms with Crippen molar-refractivity contribution in [3.05, 3.63) is 12.2 Å². The van der Waals surface area contributed by atoms with E-state index in [9.17, 15) is 0 Å². The van der Waals surface area contributed by atoms with Crippen molar-refractivity contribution >= 4 is 11.8 Å². The van der Waals surface area contributed by atoms with Gasteiger partial charge in [0.1, 0.15) is 0 Å². The van der Waals surface area contributed by atoms with Crippen molar-refractivity contribution in [2.45, 2.75) is 32.4 Å². The molecule has 0 aliphatic heterocycles. The van der Waals surface area contributed by atoms with Crippen molar-refractivity contribution in [2.75, 3.05) is 6.26 Å². The van der Waals surface area contributed by atoms with Gasteiger partial charge >= 0.3 is 0 Å². The van der Waals surface area contributed by atoms with Crippen LogP contribution < -0.4 is 0 Å². The van der Waals surface area contributed by atoms with E-state index >= 15 is 0 Å². The molecule has 0 rings (SSSR count). The summed E-state index contributed by atoms with van der Waals surface area (Å²) in [4.78, 5) is 0. The zero-order chi connectivity index (χ0) is 9.61. The van der Waals surface area contributed by atoms with Crippen LogP contribution in [0.4, 0.5) is 0 Å². The molecule has 2 atom stereocenters. The number of hydrogen-bond acceptors (Lipinski definition) is 1. The monoisotopic (exact) mass is 182 g/mol. The number of thioether (sulfide) groups is 1. The molecular weight excluding hydrogens is 164 g/mol. The Morgan fingerprint density at radius 3 is 2.58 bits per heavy atom. The molecule has 0 bridgehead atoms. The third kappa shape index (κ3) is 2.95. The van der Waals surface area contributed by atoms with Gasteiger partial charge in [0.25, 0.3) is 0 Å². The molecule has 1 heteroatoms. The molecule has 0 saturated heterocycles. The van der Waals surface area contributed by atoms with Gasteiger partial charge in [0.2, 0.25) is 0 Å². The Hall–Kier alpha value is -0.350. The first-order valence-electron chi connectivity index (χ1n) is 4.29. The van der Waals surface area contributed by atoms with Crippen LogP contribution in [-0.4, -0.2) is 11.5 Å². The zero-order valence-electron chi connectivity index (χ0n) is 8.42. The first kappa shape index (κ1) is 11.6. The van der Waals surface area contributed by atoms with Gasteiger partial charge in [-0.25, -0.2) is 0 Å². The largest absolute Gasteiger partial charge is 0.160 e.